The second-order valence-electron chi connectivity index (χ2n) is 7.44. The Hall–Kier alpha value is -1.43. The van der Waals surface area contributed by atoms with Crippen LogP contribution in [0.1, 0.15) is 43.5 Å². The molecule has 1 aromatic carbocycles. The van der Waals surface area contributed by atoms with Gasteiger partial charge in [0.05, 0.1) is 25.9 Å². The average Bonchev–Trinajstić information content (AvgIpc) is 3.10. The number of ketones is 1. The Morgan fingerprint density at radius 1 is 1.23 bits per heavy atom. The number of likely N-dealkylation sites (tertiary alicyclic amines) is 1. The lowest BCUT2D eigenvalue weighted by Gasteiger charge is -2.31. The fourth-order valence-corrected chi connectivity index (χ4v) is 3.87. The molecule has 3 rings (SSSR count). The minimum absolute atomic E-state index is 0.104. The van der Waals surface area contributed by atoms with E-state index in [0.29, 0.717) is 19.3 Å². The predicted octanol–water partition coefficient (Wildman–Crippen LogP) is 2.84. The largest absolute Gasteiger partial charge is 0.494 e. The van der Waals surface area contributed by atoms with Crippen LogP contribution in [0.3, 0.4) is 0 Å². The van der Waals surface area contributed by atoms with Crippen molar-refractivity contribution >= 4 is 5.78 Å². The van der Waals surface area contributed by atoms with Crippen LogP contribution in [0.4, 0.5) is 0 Å². The number of ether oxygens (including phenoxy) is 2. The van der Waals surface area contributed by atoms with Crippen LogP contribution in [-0.2, 0) is 4.74 Å². The van der Waals surface area contributed by atoms with Crippen LogP contribution < -0.4 is 4.74 Å². The molecule has 2 saturated heterocycles. The molecule has 26 heavy (non-hydrogen) atoms. The van der Waals surface area contributed by atoms with Gasteiger partial charge in [0.25, 0.3) is 0 Å². The van der Waals surface area contributed by atoms with E-state index in [0.717, 1.165) is 44.0 Å². The molecule has 2 heterocycles. The Balaban J connectivity index is 1.43. The summed E-state index contributed by atoms with van der Waals surface area (Å²) in [6, 6.07) is 8.21. The lowest BCUT2D eigenvalue weighted by molar-refractivity contribution is 0.0208. The maximum absolute atomic E-state index is 12.7. The van der Waals surface area contributed by atoms with Crippen LogP contribution in [0.2, 0.25) is 0 Å². The van der Waals surface area contributed by atoms with Crippen molar-refractivity contribution in [1.82, 2.24) is 9.80 Å². The van der Waals surface area contributed by atoms with Crippen molar-refractivity contribution in [1.29, 1.82) is 0 Å². The first-order chi connectivity index (χ1) is 12.6. The van der Waals surface area contributed by atoms with E-state index < -0.39 is 0 Å². The van der Waals surface area contributed by atoms with Gasteiger partial charge in [-0.15, -0.1) is 0 Å². The first-order valence-corrected chi connectivity index (χ1v) is 9.98. The summed E-state index contributed by atoms with van der Waals surface area (Å²) < 4.78 is 11.2. The number of benzene rings is 1. The topological polar surface area (TPSA) is 42.0 Å². The monoisotopic (exact) mass is 360 g/mol. The minimum atomic E-state index is -0.104. The van der Waals surface area contributed by atoms with Gasteiger partial charge in [0.1, 0.15) is 5.75 Å². The minimum Gasteiger partial charge on any atom is -0.494 e. The normalized spacial score (nSPS) is 23.1. The predicted molar refractivity (Wildman–Crippen MR) is 103 cm³/mol. The number of rotatable bonds is 8. The molecule has 0 radical (unpaired) electrons. The molecule has 0 aromatic heterocycles. The summed E-state index contributed by atoms with van der Waals surface area (Å²) in [6.45, 7) is 10.4. The molecule has 2 unspecified atom stereocenters. The standard InChI is InChI=1S/C21H32N2O3/c1-17-5-3-10-22(17)11-4-14-26-20-8-6-19(7-9-20)21(24)18(2)23-12-15-25-16-13-23/h6-9,17-18H,3-5,10-16H2,1-2H3. The fourth-order valence-electron chi connectivity index (χ4n) is 3.87. The van der Waals surface area contributed by atoms with Gasteiger partial charge in [-0.1, -0.05) is 0 Å². The van der Waals surface area contributed by atoms with E-state index in [1.807, 2.05) is 31.2 Å². The molecule has 5 nitrogen and oxygen atoms in total. The Morgan fingerprint density at radius 3 is 2.62 bits per heavy atom. The highest BCUT2D eigenvalue weighted by atomic mass is 16.5. The molecule has 2 fully saturated rings. The number of Topliss-reactive ketones (excluding diaryl/α,β-unsaturated/α-hetero) is 1. The number of carbonyl (C=O) groups is 1. The van der Waals surface area contributed by atoms with Crippen molar-refractivity contribution in [2.75, 3.05) is 46.0 Å². The molecule has 0 amide bonds. The number of hydrogen-bond donors (Lipinski definition) is 0. The summed E-state index contributed by atoms with van der Waals surface area (Å²) in [4.78, 5) is 17.4. The highest BCUT2D eigenvalue weighted by Crippen LogP contribution is 2.18. The summed E-state index contributed by atoms with van der Waals surface area (Å²) in [7, 11) is 0. The first kappa shape index (κ1) is 19.3. The third kappa shape index (κ3) is 5.06. The zero-order chi connectivity index (χ0) is 18.4. The fraction of sp³-hybridized carbons (Fsp3) is 0.667. The van der Waals surface area contributed by atoms with E-state index in [2.05, 4.69) is 16.7 Å². The Morgan fingerprint density at radius 2 is 1.96 bits per heavy atom. The Bertz CT molecular complexity index is 569. The van der Waals surface area contributed by atoms with Crippen LogP contribution in [0.5, 0.6) is 5.75 Å². The molecule has 144 valence electrons. The lowest BCUT2D eigenvalue weighted by atomic mass is 10.0. The van der Waals surface area contributed by atoms with Gasteiger partial charge >= 0.3 is 0 Å². The second-order valence-corrected chi connectivity index (χ2v) is 7.44. The van der Waals surface area contributed by atoms with Crippen LogP contribution in [0.25, 0.3) is 0 Å². The third-order valence-corrected chi connectivity index (χ3v) is 5.66. The number of carbonyl (C=O) groups excluding carboxylic acids is 1. The summed E-state index contributed by atoms with van der Waals surface area (Å²) in [6.07, 6.45) is 3.68. The van der Waals surface area contributed by atoms with Crippen molar-refractivity contribution in [2.24, 2.45) is 0 Å². The van der Waals surface area contributed by atoms with Crippen molar-refractivity contribution in [3.63, 3.8) is 0 Å². The van der Waals surface area contributed by atoms with Crippen molar-refractivity contribution < 1.29 is 14.3 Å². The average molecular weight is 360 g/mol. The zero-order valence-corrected chi connectivity index (χ0v) is 16.2. The van der Waals surface area contributed by atoms with E-state index in [1.54, 1.807) is 0 Å². The quantitative estimate of drug-likeness (QED) is 0.527. The van der Waals surface area contributed by atoms with Crippen molar-refractivity contribution in [3.05, 3.63) is 29.8 Å². The molecule has 0 spiro atoms. The van der Waals surface area contributed by atoms with Gasteiger partial charge in [0, 0.05) is 31.2 Å². The van der Waals surface area contributed by atoms with Gasteiger partial charge in [0.2, 0.25) is 0 Å². The van der Waals surface area contributed by atoms with Gasteiger partial charge in [-0.25, -0.2) is 0 Å². The number of hydrogen-bond acceptors (Lipinski definition) is 5. The van der Waals surface area contributed by atoms with E-state index in [-0.39, 0.29) is 11.8 Å². The molecule has 0 saturated carbocycles. The molecule has 5 heteroatoms. The van der Waals surface area contributed by atoms with Crippen molar-refractivity contribution in [3.8, 4) is 5.75 Å². The Kier molecular flexibility index (Phi) is 7.06. The molecule has 0 N–H and O–H groups in total. The SMILES string of the molecule is CC1CCCN1CCCOc1ccc(C(=O)C(C)N2CCOCC2)cc1. The van der Waals surface area contributed by atoms with Crippen LogP contribution in [-0.4, -0.2) is 73.7 Å². The van der Waals surface area contributed by atoms with Gasteiger partial charge in [-0.3, -0.25) is 9.69 Å². The molecule has 0 bridgehead atoms. The molecular formula is C21H32N2O3. The van der Waals surface area contributed by atoms with E-state index in [9.17, 15) is 4.79 Å². The first-order valence-electron chi connectivity index (χ1n) is 9.98. The van der Waals surface area contributed by atoms with Gasteiger partial charge in [-0.2, -0.15) is 0 Å². The van der Waals surface area contributed by atoms with Crippen LogP contribution >= 0.6 is 0 Å². The molecule has 0 aliphatic carbocycles. The van der Waals surface area contributed by atoms with Gasteiger partial charge in [0.15, 0.2) is 5.78 Å². The molecular weight excluding hydrogens is 328 g/mol. The summed E-state index contributed by atoms with van der Waals surface area (Å²) in [5, 5.41) is 0. The van der Waals surface area contributed by atoms with Gasteiger partial charge < -0.3 is 14.4 Å². The van der Waals surface area contributed by atoms with E-state index >= 15 is 0 Å². The zero-order valence-electron chi connectivity index (χ0n) is 16.2. The maximum Gasteiger partial charge on any atom is 0.179 e. The van der Waals surface area contributed by atoms with Crippen molar-refractivity contribution in [2.45, 2.75) is 45.2 Å². The lowest BCUT2D eigenvalue weighted by Crippen LogP contribution is -2.45. The summed E-state index contributed by atoms with van der Waals surface area (Å²) in [5.74, 6) is 1.01. The molecule has 2 aliphatic rings. The van der Waals surface area contributed by atoms with Gasteiger partial charge in [-0.05, 0) is 63.9 Å². The molecule has 2 aliphatic heterocycles. The number of morpholine rings is 1. The highest BCUT2D eigenvalue weighted by molar-refractivity contribution is 5.99. The smallest absolute Gasteiger partial charge is 0.179 e. The molecule has 2 atom stereocenters. The Labute approximate surface area is 157 Å². The number of nitrogens with zero attached hydrogens (tertiary/aromatic N) is 2. The third-order valence-electron chi connectivity index (χ3n) is 5.66. The second kappa shape index (κ2) is 9.49. The summed E-state index contributed by atoms with van der Waals surface area (Å²) >= 11 is 0. The van der Waals surface area contributed by atoms with E-state index in [4.69, 9.17) is 9.47 Å². The maximum atomic E-state index is 12.7. The van der Waals surface area contributed by atoms with Crippen LogP contribution in [0.15, 0.2) is 24.3 Å². The molecule has 1 aromatic rings. The summed E-state index contributed by atoms with van der Waals surface area (Å²) in [5.41, 5.74) is 0.752. The highest BCUT2D eigenvalue weighted by Gasteiger charge is 2.24. The van der Waals surface area contributed by atoms with E-state index in [1.165, 1.54) is 19.4 Å². The van der Waals surface area contributed by atoms with Crippen LogP contribution in [0, 0.1) is 0 Å².